The number of halogens is 5. The molecule has 1 aromatic rings. The molecule has 112 valence electrons. The Morgan fingerprint density at radius 1 is 1.45 bits per heavy atom. The van der Waals surface area contributed by atoms with Crippen molar-refractivity contribution in [3.05, 3.63) is 28.6 Å². The molecule has 0 amide bonds. The first-order valence-corrected chi connectivity index (χ1v) is 5.48. The van der Waals surface area contributed by atoms with Crippen LogP contribution in [0.4, 0.5) is 22.0 Å². The molecule has 0 aliphatic rings. The third-order valence-electron chi connectivity index (χ3n) is 2.32. The van der Waals surface area contributed by atoms with Crippen molar-refractivity contribution >= 4 is 5.97 Å². The van der Waals surface area contributed by atoms with Crippen LogP contribution in [0.15, 0.2) is 6.07 Å². The van der Waals surface area contributed by atoms with Crippen molar-refractivity contribution in [2.75, 3.05) is 6.61 Å². The van der Waals surface area contributed by atoms with Crippen LogP contribution in [0.25, 0.3) is 0 Å². The summed E-state index contributed by atoms with van der Waals surface area (Å²) in [7, 11) is 0. The maximum atomic E-state index is 12.8. The fourth-order valence-corrected chi connectivity index (χ4v) is 1.50. The molecule has 1 aromatic heterocycles. The summed E-state index contributed by atoms with van der Waals surface area (Å²) in [6.07, 6.45) is -8.08. The molecule has 0 aliphatic heterocycles. The van der Waals surface area contributed by atoms with Gasteiger partial charge in [-0.05, 0) is 18.6 Å². The predicted octanol–water partition coefficient (Wildman–Crippen LogP) is 2.67. The van der Waals surface area contributed by atoms with Gasteiger partial charge in [0, 0.05) is 6.54 Å². The topological polar surface area (TPSA) is 65.2 Å². The number of ether oxygens (including phenoxy) is 1. The van der Waals surface area contributed by atoms with E-state index in [0.29, 0.717) is 6.07 Å². The number of carbonyl (C=O) groups is 1. The number of carbonyl (C=O) groups excluding carboxylic acids is 1. The summed E-state index contributed by atoms with van der Waals surface area (Å²) in [6.45, 7) is 0.576. The zero-order valence-corrected chi connectivity index (χ0v) is 10.3. The fourth-order valence-electron chi connectivity index (χ4n) is 1.50. The Kier molecular flexibility index (Phi) is 4.98. The molecule has 4 nitrogen and oxygen atoms in total. The molecule has 0 fully saturated rings. The lowest BCUT2D eigenvalue weighted by Gasteiger charge is -2.15. The second-order valence-electron chi connectivity index (χ2n) is 3.66. The summed E-state index contributed by atoms with van der Waals surface area (Å²) < 4.78 is 68.3. The van der Waals surface area contributed by atoms with Gasteiger partial charge in [-0.3, -0.25) is 0 Å². The lowest BCUT2D eigenvalue weighted by molar-refractivity contribution is -0.141. The average Bonchev–Trinajstić information content (AvgIpc) is 2.36. The van der Waals surface area contributed by atoms with Gasteiger partial charge in [-0.2, -0.15) is 13.2 Å². The Morgan fingerprint density at radius 3 is 2.45 bits per heavy atom. The van der Waals surface area contributed by atoms with Crippen molar-refractivity contribution in [1.82, 2.24) is 4.98 Å². The Balaban J connectivity index is 3.51. The summed E-state index contributed by atoms with van der Waals surface area (Å²) in [5.74, 6) is -1.34. The molecule has 1 heterocycles. The monoisotopic (exact) mass is 298 g/mol. The third kappa shape index (κ3) is 3.41. The molecule has 0 atom stereocenters. The van der Waals surface area contributed by atoms with Gasteiger partial charge in [0.25, 0.3) is 6.43 Å². The third-order valence-corrected chi connectivity index (χ3v) is 2.32. The van der Waals surface area contributed by atoms with Crippen molar-refractivity contribution in [3.63, 3.8) is 0 Å². The van der Waals surface area contributed by atoms with E-state index < -0.39 is 47.6 Å². The lowest BCUT2D eigenvalue weighted by atomic mass is 10.1. The van der Waals surface area contributed by atoms with E-state index in [0.717, 1.165) is 0 Å². The van der Waals surface area contributed by atoms with Crippen molar-refractivity contribution in [1.29, 1.82) is 0 Å². The molecule has 0 aliphatic carbocycles. The largest absolute Gasteiger partial charge is 0.461 e. The first kappa shape index (κ1) is 16.3. The number of nitrogens with two attached hydrogens (primary N) is 1. The SMILES string of the molecule is CCOC(=O)c1nc(C(F)(F)F)c(CN)cc1C(F)F. The van der Waals surface area contributed by atoms with Crippen LogP contribution in [0.2, 0.25) is 0 Å². The molecule has 0 saturated heterocycles. The quantitative estimate of drug-likeness (QED) is 0.685. The summed E-state index contributed by atoms with van der Waals surface area (Å²) in [6, 6.07) is 0.534. The molecule has 0 aromatic carbocycles. The molecule has 0 unspecified atom stereocenters. The smallest absolute Gasteiger partial charge is 0.433 e. The maximum Gasteiger partial charge on any atom is 0.433 e. The molecule has 0 bridgehead atoms. The van der Waals surface area contributed by atoms with Crippen molar-refractivity contribution in [2.45, 2.75) is 26.1 Å². The molecule has 20 heavy (non-hydrogen) atoms. The molecule has 2 N–H and O–H groups in total. The summed E-state index contributed by atoms with van der Waals surface area (Å²) in [4.78, 5) is 14.4. The zero-order chi connectivity index (χ0) is 15.5. The van der Waals surface area contributed by atoms with Crippen LogP contribution in [-0.2, 0) is 17.5 Å². The average molecular weight is 298 g/mol. The highest BCUT2D eigenvalue weighted by Gasteiger charge is 2.37. The van der Waals surface area contributed by atoms with E-state index in [4.69, 9.17) is 5.73 Å². The number of nitrogens with zero attached hydrogens (tertiary/aromatic N) is 1. The number of alkyl halides is 5. The van der Waals surface area contributed by atoms with Gasteiger partial charge < -0.3 is 10.5 Å². The highest BCUT2D eigenvalue weighted by atomic mass is 19.4. The first-order valence-electron chi connectivity index (χ1n) is 5.48. The van der Waals surface area contributed by atoms with Crippen LogP contribution in [-0.4, -0.2) is 17.6 Å². The van der Waals surface area contributed by atoms with E-state index in [-0.39, 0.29) is 6.61 Å². The van der Waals surface area contributed by atoms with Gasteiger partial charge in [-0.25, -0.2) is 18.6 Å². The van der Waals surface area contributed by atoms with Crippen LogP contribution >= 0.6 is 0 Å². The number of aromatic nitrogens is 1. The highest BCUT2D eigenvalue weighted by Crippen LogP contribution is 2.33. The van der Waals surface area contributed by atoms with Gasteiger partial charge in [-0.1, -0.05) is 0 Å². The fraction of sp³-hybridized carbons (Fsp3) is 0.455. The van der Waals surface area contributed by atoms with Gasteiger partial charge in [0.2, 0.25) is 0 Å². The summed E-state index contributed by atoms with van der Waals surface area (Å²) in [5, 5.41) is 0. The Hall–Kier alpha value is -1.77. The standard InChI is InChI=1S/C11H11F5N2O2/c1-2-20-10(19)7-6(9(12)13)3-5(4-17)8(18-7)11(14,15)16/h3,9H,2,4,17H2,1H3. The van der Waals surface area contributed by atoms with Crippen molar-refractivity contribution in [2.24, 2.45) is 5.73 Å². The second-order valence-corrected chi connectivity index (χ2v) is 3.66. The Morgan fingerprint density at radius 2 is 2.05 bits per heavy atom. The second kappa shape index (κ2) is 6.12. The van der Waals surface area contributed by atoms with E-state index in [1.54, 1.807) is 0 Å². The van der Waals surface area contributed by atoms with Gasteiger partial charge >= 0.3 is 12.1 Å². The maximum absolute atomic E-state index is 12.8. The van der Waals surface area contributed by atoms with Crippen molar-refractivity contribution < 1.29 is 31.5 Å². The molecule has 0 saturated carbocycles. The van der Waals surface area contributed by atoms with E-state index in [2.05, 4.69) is 9.72 Å². The van der Waals surface area contributed by atoms with Gasteiger partial charge in [0.1, 0.15) is 5.69 Å². The van der Waals surface area contributed by atoms with Crippen LogP contribution < -0.4 is 5.73 Å². The van der Waals surface area contributed by atoms with Gasteiger partial charge in [0.15, 0.2) is 5.69 Å². The van der Waals surface area contributed by atoms with Crippen LogP contribution in [0.3, 0.4) is 0 Å². The number of rotatable bonds is 4. The molecule has 1 rings (SSSR count). The van der Waals surface area contributed by atoms with Crippen molar-refractivity contribution in [3.8, 4) is 0 Å². The van der Waals surface area contributed by atoms with Gasteiger partial charge in [-0.15, -0.1) is 0 Å². The molecular formula is C11H11F5N2O2. The minimum atomic E-state index is -4.91. The first-order chi connectivity index (χ1) is 9.22. The number of hydrogen-bond acceptors (Lipinski definition) is 4. The van der Waals surface area contributed by atoms with Crippen LogP contribution in [0.5, 0.6) is 0 Å². The van der Waals surface area contributed by atoms with Crippen LogP contribution in [0, 0.1) is 0 Å². The Labute approximate surface area is 110 Å². The van der Waals surface area contributed by atoms with E-state index in [9.17, 15) is 26.7 Å². The molecular weight excluding hydrogens is 287 g/mol. The van der Waals surface area contributed by atoms with E-state index in [1.165, 1.54) is 6.92 Å². The van der Waals surface area contributed by atoms with E-state index in [1.807, 2.05) is 0 Å². The normalized spacial score (nSPS) is 11.8. The molecule has 9 heteroatoms. The Bertz CT molecular complexity index is 502. The molecule has 0 spiro atoms. The highest BCUT2D eigenvalue weighted by molar-refractivity contribution is 5.89. The van der Waals surface area contributed by atoms with Gasteiger partial charge in [0.05, 0.1) is 12.2 Å². The zero-order valence-electron chi connectivity index (χ0n) is 10.3. The lowest BCUT2D eigenvalue weighted by Crippen LogP contribution is -2.20. The molecule has 0 radical (unpaired) electrons. The minimum Gasteiger partial charge on any atom is -0.461 e. The number of esters is 1. The summed E-state index contributed by atoms with van der Waals surface area (Å²) >= 11 is 0. The van der Waals surface area contributed by atoms with E-state index >= 15 is 0 Å². The van der Waals surface area contributed by atoms with Crippen LogP contribution in [0.1, 0.15) is 40.7 Å². The minimum absolute atomic E-state index is 0.177. The number of pyridine rings is 1. The predicted molar refractivity (Wildman–Crippen MR) is 58.0 cm³/mol. The summed E-state index contributed by atoms with van der Waals surface area (Å²) in [5.41, 5.74) is 1.04. The number of hydrogen-bond donors (Lipinski definition) is 1.